The number of aliphatic hydroxyl groups is 1. The summed E-state index contributed by atoms with van der Waals surface area (Å²) in [5.74, 6) is 1.23. The lowest BCUT2D eigenvalue weighted by Crippen LogP contribution is -2.15. The van der Waals surface area contributed by atoms with E-state index in [-0.39, 0.29) is 0 Å². The summed E-state index contributed by atoms with van der Waals surface area (Å²) in [5.41, 5.74) is 1.65. The highest BCUT2D eigenvalue weighted by Crippen LogP contribution is 2.31. The van der Waals surface area contributed by atoms with Crippen molar-refractivity contribution in [2.45, 2.75) is 19.4 Å². The average molecular weight is 315 g/mol. The quantitative estimate of drug-likeness (QED) is 0.772. The zero-order valence-corrected chi connectivity index (χ0v) is 14.0. The molecule has 0 aliphatic rings. The molecule has 0 radical (unpaired) electrons. The van der Waals surface area contributed by atoms with Crippen molar-refractivity contribution in [3.63, 3.8) is 0 Å². The number of ether oxygens (including phenoxy) is 1. The number of hydrogen-bond donors (Lipinski definition) is 2. The maximum absolute atomic E-state index is 10.2. The summed E-state index contributed by atoms with van der Waals surface area (Å²) in [6.07, 6.45) is 1.84. The summed E-state index contributed by atoms with van der Waals surface area (Å²) in [6.45, 7) is 3.54. The largest absolute Gasteiger partial charge is 0.478 e. The molecule has 3 aromatic rings. The van der Waals surface area contributed by atoms with Gasteiger partial charge in [-0.15, -0.1) is 5.10 Å². The Morgan fingerprint density at radius 1 is 1.22 bits per heavy atom. The van der Waals surface area contributed by atoms with Gasteiger partial charge in [0.05, 0.1) is 24.4 Å². The van der Waals surface area contributed by atoms with Crippen LogP contribution in [0.3, 0.4) is 0 Å². The Balaban J connectivity index is 2.05. The van der Waals surface area contributed by atoms with Gasteiger partial charge >= 0.3 is 0 Å². The molecule has 0 aliphatic heterocycles. The first-order chi connectivity index (χ1) is 10.8. The number of fused-ring (bicyclic) bond motifs is 1. The van der Waals surface area contributed by atoms with Crippen LogP contribution < -0.4 is 10.1 Å². The standard InChI is InChI=1S/C16H21N5O2/c1-16(2,22)10-6-7-11-13(8-10)21(4)18-14(11)17-12-9-20(3)19-15(12)23-5/h6-9,22H,1-5H3,(H,17,18). The maximum Gasteiger partial charge on any atom is 0.256 e. The van der Waals surface area contributed by atoms with Gasteiger partial charge in [0.25, 0.3) is 5.88 Å². The molecule has 0 bridgehead atoms. The van der Waals surface area contributed by atoms with Crippen molar-refractivity contribution < 1.29 is 9.84 Å². The van der Waals surface area contributed by atoms with Crippen LogP contribution in [0.4, 0.5) is 11.5 Å². The van der Waals surface area contributed by atoms with Gasteiger partial charge in [-0.3, -0.25) is 9.36 Å². The first-order valence-corrected chi connectivity index (χ1v) is 7.34. The van der Waals surface area contributed by atoms with E-state index in [4.69, 9.17) is 4.74 Å². The van der Waals surface area contributed by atoms with Crippen molar-refractivity contribution in [3.8, 4) is 5.88 Å². The fourth-order valence-electron chi connectivity index (χ4n) is 2.56. The molecule has 0 aliphatic carbocycles. The number of methoxy groups -OCH3 is 1. The second kappa shape index (κ2) is 5.27. The lowest BCUT2D eigenvalue weighted by atomic mass is 9.97. The Morgan fingerprint density at radius 2 is 1.96 bits per heavy atom. The van der Waals surface area contributed by atoms with E-state index in [9.17, 15) is 5.11 Å². The zero-order chi connectivity index (χ0) is 16.8. The minimum Gasteiger partial charge on any atom is -0.478 e. The van der Waals surface area contributed by atoms with E-state index in [0.29, 0.717) is 5.88 Å². The molecule has 0 saturated carbocycles. The van der Waals surface area contributed by atoms with Gasteiger partial charge in [0.2, 0.25) is 0 Å². The predicted octanol–water partition coefficient (Wildman–Crippen LogP) is 2.29. The van der Waals surface area contributed by atoms with Crippen molar-refractivity contribution in [1.82, 2.24) is 19.6 Å². The van der Waals surface area contributed by atoms with Crippen LogP contribution in [-0.4, -0.2) is 31.8 Å². The Hall–Kier alpha value is -2.54. The van der Waals surface area contributed by atoms with Crippen LogP contribution in [0.25, 0.3) is 10.9 Å². The number of hydrogen-bond acceptors (Lipinski definition) is 5. The molecule has 0 unspecified atom stereocenters. The van der Waals surface area contributed by atoms with Crippen LogP contribution in [0.1, 0.15) is 19.4 Å². The Morgan fingerprint density at radius 3 is 2.61 bits per heavy atom. The summed E-state index contributed by atoms with van der Waals surface area (Å²) in [6, 6.07) is 5.82. The smallest absolute Gasteiger partial charge is 0.256 e. The van der Waals surface area contributed by atoms with E-state index >= 15 is 0 Å². The van der Waals surface area contributed by atoms with E-state index in [2.05, 4.69) is 15.5 Å². The predicted molar refractivity (Wildman–Crippen MR) is 89.0 cm³/mol. The normalized spacial score (nSPS) is 11.9. The lowest BCUT2D eigenvalue weighted by molar-refractivity contribution is 0.0787. The molecule has 7 nitrogen and oxygen atoms in total. The van der Waals surface area contributed by atoms with Gasteiger partial charge in [0.1, 0.15) is 5.69 Å². The summed E-state index contributed by atoms with van der Waals surface area (Å²) >= 11 is 0. The topological polar surface area (TPSA) is 77.1 Å². The third kappa shape index (κ3) is 2.75. The Labute approximate surface area is 134 Å². The van der Waals surface area contributed by atoms with Gasteiger partial charge in [-0.1, -0.05) is 6.07 Å². The highest BCUT2D eigenvalue weighted by molar-refractivity contribution is 5.92. The first-order valence-electron chi connectivity index (χ1n) is 7.34. The molecule has 2 aromatic heterocycles. The van der Waals surface area contributed by atoms with Gasteiger partial charge < -0.3 is 15.2 Å². The molecule has 0 atom stereocenters. The molecule has 2 heterocycles. The van der Waals surface area contributed by atoms with Crippen LogP contribution in [0.2, 0.25) is 0 Å². The van der Waals surface area contributed by atoms with Crippen molar-refractivity contribution in [2.24, 2.45) is 14.1 Å². The van der Waals surface area contributed by atoms with E-state index in [1.807, 2.05) is 38.5 Å². The molecule has 0 fully saturated rings. The van der Waals surface area contributed by atoms with Crippen LogP contribution in [0, 0.1) is 0 Å². The third-order valence-corrected chi connectivity index (χ3v) is 3.80. The number of aromatic nitrogens is 4. The highest BCUT2D eigenvalue weighted by atomic mass is 16.5. The molecule has 1 aromatic carbocycles. The Bertz CT molecular complexity index is 857. The molecule has 23 heavy (non-hydrogen) atoms. The summed E-state index contributed by atoms with van der Waals surface area (Å²) in [5, 5.41) is 23.2. The molecule has 122 valence electrons. The summed E-state index contributed by atoms with van der Waals surface area (Å²) < 4.78 is 8.73. The van der Waals surface area contributed by atoms with Crippen molar-refractivity contribution in [2.75, 3.05) is 12.4 Å². The number of aryl methyl sites for hydroxylation is 2. The zero-order valence-electron chi connectivity index (χ0n) is 14.0. The van der Waals surface area contributed by atoms with Crippen LogP contribution in [0.5, 0.6) is 5.88 Å². The monoisotopic (exact) mass is 315 g/mol. The average Bonchev–Trinajstić information content (AvgIpc) is 2.99. The van der Waals surface area contributed by atoms with Crippen molar-refractivity contribution in [3.05, 3.63) is 30.0 Å². The van der Waals surface area contributed by atoms with E-state index in [1.54, 1.807) is 30.3 Å². The number of anilines is 2. The SMILES string of the molecule is COc1nn(C)cc1Nc1nn(C)c2cc(C(C)(C)O)ccc12. The molecule has 3 rings (SSSR count). The summed E-state index contributed by atoms with van der Waals surface area (Å²) in [7, 11) is 5.29. The maximum atomic E-state index is 10.2. The second-order valence-corrected chi connectivity index (χ2v) is 6.11. The molecule has 0 saturated heterocycles. The van der Waals surface area contributed by atoms with E-state index < -0.39 is 5.60 Å². The van der Waals surface area contributed by atoms with Gasteiger partial charge in [0.15, 0.2) is 5.82 Å². The van der Waals surface area contributed by atoms with Gasteiger partial charge in [-0.25, -0.2) is 0 Å². The minimum atomic E-state index is -0.890. The van der Waals surface area contributed by atoms with Crippen LogP contribution >= 0.6 is 0 Å². The third-order valence-electron chi connectivity index (χ3n) is 3.80. The number of benzene rings is 1. The molecule has 2 N–H and O–H groups in total. The lowest BCUT2D eigenvalue weighted by Gasteiger charge is -2.17. The van der Waals surface area contributed by atoms with Gasteiger partial charge in [0, 0.05) is 19.5 Å². The van der Waals surface area contributed by atoms with E-state index in [1.165, 1.54) is 0 Å². The van der Waals surface area contributed by atoms with Crippen LogP contribution in [-0.2, 0) is 19.7 Å². The van der Waals surface area contributed by atoms with E-state index in [0.717, 1.165) is 28.0 Å². The fourth-order valence-corrected chi connectivity index (χ4v) is 2.56. The summed E-state index contributed by atoms with van der Waals surface area (Å²) in [4.78, 5) is 0. The molecule has 7 heteroatoms. The van der Waals surface area contributed by atoms with Gasteiger partial charge in [-0.05, 0) is 31.5 Å². The minimum absolute atomic E-state index is 0.513. The molecular formula is C16H21N5O2. The van der Waals surface area contributed by atoms with Crippen LogP contribution in [0.15, 0.2) is 24.4 Å². The highest BCUT2D eigenvalue weighted by Gasteiger charge is 2.19. The first kappa shape index (κ1) is 15.4. The Kier molecular flexibility index (Phi) is 3.52. The number of rotatable bonds is 4. The fraction of sp³-hybridized carbons (Fsp3) is 0.375. The number of nitrogens with one attached hydrogen (secondary N) is 1. The molecular weight excluding hydrogens is 294 g/mol. The van der Waals surface area contributed by atoms with Crippen molar-refractivity contribution in [1.29, 1.82) is 0 Å². The molecule has 0 spiro atoms. The number of nitrogens with zero attached hydrogens (tertiary/aromatic N) is 4. The van der Waals surface area contributed by atoms with Gasteiger partial charge in [-0.2, -0.15) is 5.10 Å². The second-order valence-electron chi connectivity index (χ2n) is 6.11. The van der Waals surface area contributed by atoms with Crippen molar-refractivity contribution >= 4 is 22.4 Å². The molecule has 0 amide bonds.